The summed E-state index contributed by atoms with van der Waals surface area (Å²) in [6.07, 6.45) is 3.68. The van der Waals surface area contributed by atoms with Gasteiger partial charge in [0, 0.05) is 60.1 Å². The van der Waals surface area contributed by atoms with Crippen LogP contribution in [-0.2, 0) is 11.8 Å². The fraction of sp³-hybridized carbons (Fsp3) is 0.185. The molecule has 1 aliphatic heterocycles. The molecule has 3 aromatic heterocycles. The lowest BCUT2D eigenvalue weighted by Crippen LogP contribution is -2.37. The standard InChI is InChI=1S/C27H25N7O2/c1-33-13-11-20-22(33)10-9-21-24(20)31-25(32-26(21)34-14-16-36-17-15-34)18-5-7-19(8-6-18)29-27(35)30-23-4-2-3-12-28-23/h2-13H,14-17H2,1H3,(H2,28,29,30,35). The Morgan fingerprint density at radius 1 is 0.917 bits per heavy atom. The van der Waals surface area contributed by atoms with Crippen LogP contribution in [-0.4, -0.2) is 51.9 Å². The number of rotatable bonds is 4. The molecule has 0 bridgehead atoms. The van der Waals surface area contributed by atoms with Gasteiger partial charge in [-0.25, -0.2) is 19.7 Å². The van der Waals surface area contributed by atoms with Crippen molar-refractivity contribution in [3.8, 4) is 11.4 Å². The number of aromatic nitrogens is 4. The molecule has 180 valence electrons. The van der Waals surface area contributed by atoms with E-state index in [1.165, 1.54) is 0 Å². The number of aryl methyl sites for hydroxylation is 1. The molecule has 1 aliphatic rings. The van der Waals surface area contributed by atoms with Gasteiger partial charge < -0.3 is 19.5 Å². The van der Waals surface area contributed by atoms with E-state index in [0.29, 0.717) is 30.5 Å². The first-order valence-electron chi connectivity index (χ1n) is 11.8. The van der Waals surface area contributed by atoms with Gasteiger partial charge >= 0.3 is 6.03 Å². The van der Waals surface area contributed by atoms with Crippen molar-refractivity contribution in [2.24, 2.45) is 7.05 Å². The van der Waals surface area contributed by atoms with E-state index >= 15 is 0 Å². The van der Waals surface area contributed by atoms with Gasteiger partial charge in [0.25, 0.3) is 0 Å². The van der Waals surface area contributed by atoms with Crippen molar-refractivity contribution in [2.45, 2.75) is 0 Å². The zero-order valence-corrected chi connectivity index (χ0v) is 19.8. The van der Waals surface area contributed by atoms with E-state index in [1.54, 1.807) is 18.3 Å². The van der Waals surface area contributed by atoms with E-state index in [9.17, 15) is 4.79 Å². The number of amides is 2. The lowest BCUT2D eigenvalue weighted by atomic mass is 10.1. The van der Waals surface area contributed by atoms with Gasteiger partial charge in [0.15, 0.2) is 5.82 Å². The second-order valence-corrected chi connectivity index (χ2v) is 8.66. The Hall–Kier alpha value is -4.50. The Kier molecular flexibility index (Phi) is 5.67. The molecule has 6 rings (SSSR count). The molecule has 1 saturated heterocycles. The highest BCUT2D eigenvalue weighted by Gasteiger charge is 2.20. The highest BCUT2D eigenvalue weighted by molar-refractivity contribution is 6.08. The first-order chi connectivity index (χ1) is 17.7. The molecule has 36 heavy (non-hydrogen) atoms. The quantitative estimate of drug-likeness (QED) is 0.389. The van der Waals surface area contributed by atoms with Crippen molar-refractivity contribution in [2.75, 3.05) is 41.8 Å². The van der Waals surface area contributed by atoms with Crippen molar-refractivity contribution in [1.82, 2.24) is 19.5 Å². The predicted octanol–water partition coefficient (Wildman–Crippen LogP) is 4.66. The number of nitrogens with one attached hydrogen (secondary N) is 2. The van der Waals surface area contributed by atoms with Gasteiger partial charge in [-0.05, 0) is 54.6 Å². The number of benzene rings is 2. The Morgan fingerprint density at radius 3 is 2.53 bits per heavy atom. The van der Waals surface area contributed by atoms with Crippen LogP contribution in [0.5, 0.6) is 0 Å². The summed E-state index contributed by atoms with van der Waals surface area (Å²) in [6.45, 7) is 2.92. The number of fused-ring (bicyclic) bond motifs is 3. The van der Waals surface area contributed by atoms with Gasteiger partial charge in [-0.1, -0.05) is 6.07 Å². The molecule has 9 heteroatoms. The summed E-state index contributed by atoms with van der Waals surface area (Å²) >= 11 is 0. The summed E-state index contributed by atoms with van der Waals surface area (Å²) in [5.74, 6) is 2.05. The second kappa shape index (κ2) is 9.27. The molecule has 0 radical (unpaired) electrons. The average molecular weight is 480 g/mol. The first-order valence-corrected chi connectivity index (χ1v) is 11.8. The normalized spacial score (nSPS) is 13.8. The monoisotopic (exact) mass is 479 g/mol. The molecule has 2 amide bonds. The van der Waals surface area contributed by atoms with Gasteiger partial charge in [0.2, 0.25) is 0 Å². The molecule has 9 nitrogen and oxygen atoms in total. The van der Waals surface area contributed by atoms with Crippen LogP contribution in [0.15, 0.2) is 73.1 Å². The van der Waals surface area contributed by atoms with Crippen molar-refractivity contribution in [3.63, 3.8) is 0 Å². The average Bonchev–Trinajstić information content (AvgIpc) is 3.30. The molecule has 0 atom stereocenters. The van der Waals surface area contributed by atoms with Gasteiger partial charge in [0.05, 0.1) is 18.7 Å². The Balaban J connectivity index is 1.34. The number of pyridine rings is 1. The maximum Gasteiger partial charge on any atom is 0.324 e. The minimum atomic E-state index is -0.357. The largest absolute Gasteiger partial charge is 0.378 e. The lowest BCUT2D eigenvalue weighted by molar-refractivity contribution is 0.122. The number of urea groups is 1. The van der Waals surface area contributed by atoms with Crippen LogP contribution in [0.3, 0.4) is 0 Å². The number of anilines is 3. The molecular weight excluding hydrogens is 454 g/mol. The van der Waals surface area contributed by atoms with E-state index in [2.05, 4.69) is 49.5 Å². The molecule has 0 saturated carbocycles. The van der Waals surface area contributed by atoms with E-state index in [1.807, 2.05) is 37.4 Å². The van der Waals surface area contributed by atoms with Gasteiger partial charge in [-0.2, -0.15) is 0 Å². The minimum absolute atomic E-state index is 0.357. The third-order valence-electron chi connectivity index (χ3n) is 6.33. The summed E-state index contributed by atoms with van der Waals surface area (Å²) in [4.78, 5) is 28.7. The zero-order valence-electron chi connectivity index (χ0n) is 19.8. The molecule has 0 aliphatic carbocycles. The zero-order chi connectivity index (χ0) is 24.5. The van der Waals surface area contributed by atoms with Gasteiger partial charge in [0.1, 0.15) is 11.6 Å². The number of ether oxygens (including phenoxy) is 1. The Bertz CT molecular complexity index is 1540. The Labute approximate surface area is 207 Å². The molecule has 1 fully saturated rings. The van der Waals surface area contributed by atoms with Crippen LogP contribution in [0.25, 0.3) is 33.2 Å². The maximum absolute atomic E-state index is 12.3. The maximum atomic E-state index is 12.3. The smallest absolute Gasteiger partial charge is 0.324 e. The lowest BCUT2D eigenvalue weighted by Gasteiger charge is -2.29. The van der Waals surface area contributed by atoms with E-state index < -0.39 is 0 Å². The molecule has 0 spiro atoms. The molecule has 2 N–H and O–H groups in total. The van der Waals surface area contributed by atoms with E-state index in [-0.39, 0.29) is 6.03 Å². The number of hydrogen-bond donors (Lipinski definition) is 2. The van der Waals surface area contributed by atoms with Crippen LogP contribution in [0.2, 0.25) is 0 Å². The summed E-state index contributed by atoms with van der Waals surface area (Å²) in [5.41, 5.74) is 3.58. The summed E-state index contributed by atoms with van der Waals surface area (Å²) < 4.78 is 7.67. The molecule has 5 aromatic rings. The molecular formula is C27H25N7O2. The van der Waals surface area contributed by atoms with Crippen molar-refractivity contribution >= 4 is 45.2 Å². The number of morpholine rings is 1. The number of nitrogens with zero attached hydrogens (tertiary/aromatic N) is 5. The Morgan fingerprint density at radius 2 is 1.75 bits per heavy atom. The summed E-state index contributed by atoms with van der Waals surface area (Å²) in [7, 11) is 2.04. The topological polar surface area (TPSA) is 97.2 Å². The highest BCUT2D eigenvalue weighted by Crippen LogP contribution is 2.33. The minimum Gasteiger partial charge on any atom is -0.378 e. The molecule has 2 aromatic carbocycles. The summed E-state index contributed by atoms with van der Waals surface area (Å²) in [5, 5.41) is 7.68. The fourth-order valence-electron chi connectivity index (χ4n) is 4.49. The van der Waals surface area contributed by atoms with E-state index in [0.717, 1.165) is 46.3 Å². The van der Waals surface area contributed by atoms with Crippen LogP contribution in [0, 0.1) is 0 Å². The van der Waals surface area contributed by atoms with Gasteiger partial charge in [-0.3, -0.25) is 5.32 Å². The summed E-state index contributed by atoms with van der Waals surface area (Å²) in [6, 6.07) is 18.9. The first kappa shape index (κ1) is 22.0. The number of carbonyl (C=O) groups is 1. The SMILES string of the molecule is Cn1ccc2c3nc(-c4ccc(NC(=O)Nc5ccccn5)cc4)nc(N4CCOCC4)c3ccc21. The second-order valence-electron chi connectivity index (χ2n) is 8.66. The highest BCUT2D eigenvalue weighted by atomic mass is 16.5. The van der Waals surface area contributed by atoms with Crippen LogP contribution >= 0.6 is 0 Å². The van der Waals surface area contributed by atoms with Crippen molar-refractivity contribution in [3.05, 3.63) is 73.1 Å². The van der Waals surface area contributed by atoms with E-state index in [4.69, 9.17) is 14.7 Å². The van der Waals surface area contributed by atoms with Gasteiger partial charge in [-0.15, -0.1) is 0 Å². The molecule has 4 heterocycles. The number of hydrogen-bond acceptors (Lipinski definition) is 6. The van der Waals surface area contributed by atoms with Crippen molar-refractivity contribution in [1.29, 1.82) is 0 Å². The predicted molar refractivity (Wildman–Crippen MR) is 141 cm³/mol. The van der Waals surface area contributed by atoms with Crippen LogP contribution in [0.4, 0.5) is 22.1 Å². The van der Waals surface area contributed by atoms with Crippen LogP contribution in [0.1, 0.15) is 0 Å². The third-order valence-corrected chi connectivity index (χ3v) is 6.33. The third kappa shape index (κ3) is 4.20. The van der Waals surface area contributed by atoms with Crippen molar-refractivity contribution < 1.29 is 9.53 Å². The number of carbonyl (C=O) groups excluding carboxylic acids is 1. The molecule has 0 unspecified atom stereocenters. The van der Waals surface area contributed by atoms with Crippen LogP contribution < -0.4 is 15.5 Å². The fourth-order valence-corrected chi connectivity index (χ4v) is 4.49.